The van der Waals surface area contributed by atoms with Gasteiger partial charge in [-0.3, -0.25) is 9.78 Å². The van der Waals surface area contributed by atoms with Crippen LogP contribution in [0.1, 0.15) is 94.9 Å². The van der Waals surface area contributed by atoms with Gasteiger partial charge in [-0.15, -0.1) is 0 Å². The van der Waals surface area contributed by atoms with E-state index in [1.807, 2.05) is 77.0 Å². The lowest BCUT2D eigenvalue weighted by molar-refractivity contribution is -0.314. The summed E-state index contributed by atoms with van der Waals surface area (Å²) in [7, 11) is 5.24. The minimum absolute atomic E-state index is 0.129. The van der Waals surface area contributed by atoms with Crippen molar-refractivity contribution in [3.63, 3.8) is 0 Å². The van der Waals surface area contributed by atoms with Crippen LogP contribution in [0.25, 0.3) is 10.9 Å². The molecule has 18 atom stereocenters. The molecular weight excluding hydrogens is 787 g/mol. The zero-order valence-corrected chi connectivity index (χ0v) is 38.6. The summed E-state index contributed by atoms with van der Waals surface area (Å²) < 4.78 is 45.5. The molecule has 5 rings (SSSR count). The van der Waals surface area contributed by atoms with E-state index in [0.717, 1.165) is 10.9 Å². The number of pyridine rings is 1. The van der Waals surface area contributed by atoms with Crippen LogP contribution in [0.15, 0.2) is 36.5 Å². The summed E-state index contributed by atoms with van der Waals surface area (Å²) in [4.78, 5) is 21.0. The van der Waals surface area contributed by atoms with Crippen molar-refractivity contribution in [1.29, 1.82) is 0 Å². The Kier molecular flexibility index (Phi) is 16.3. The van der Waals surface area contributed by atoms with Crippen molar-refractivity contribution in [2.75, 3.05) is 27.7 Å². The highest BCUT2D eigenvalue weighted by Gasteiger charge is 2.53. The molecule has 3 fully saturated rings. The van der Waals surface area contributed by atoms with E-state index in [9.17, 15) is 25.2 Å². The summed E-state index contributed by atoms with van der Waals surface area (Å²) in [6, 6.07) is 8.93. The second-order valence-corrected chi connectivity index (χ2v) is 19.0. The minimum atomic E-state index is -1.81. The van der Waals surface area contributed by atoms with Crippen LogP contribution in [0, 0.1) is 17.8 Å². The molecule has 0 aliphatic carbocycles. The molecule has 346 valence electrons. The maximum Gasteiger partial charge on any atom is 0.311 e. The number of para-hydroxylation sites is 1. The topological polar surface area (TPSA) is 191 Å². The van der Waals surface area contributed by atoms with E-state index < -0.39 is 96.0 Å². The number of likely N-dealkylation sites (N-methyl/N-ethyl adjacent to an activating group) is 2. The number of cyclic esters (lactones) is 1. The van der Waals surface area contributed by atoms with Crippen molar-refractivity contribution < 1.29 is 58.4 Å². The second-order valence-electron chi connectivity index (χ2n) is 19.0. The second kappa shape index (κ2) is 20.1. The van der Waals surface area contributed by atoms with Crippen molar-refractivity contribution in [3.05, 3.63) is 36.5 Å². The first-order valence-corrected chi connectivity index (χ1v) is 22.1. The van der Waals surface area contributed by atoms with Crippen LogP contribution in [0.2, 0.25) is 0 Å². The molecule has 15 heteroatoms. The number of fused-ring (bicyclic) bond motifs is 1. The number of carbonyl (C=O) groups is 1. The number of carbonyl (C=O) groups excluding carboxylic acids is 1. The number of ether oxygens (including phenoxy) is 7. The van der Waals surface area contributed by atoms with E-state index in [0.29, 0.717) is 18.7 Å². The van der Waals surface area contributed by atoms with E-state index in [4.69, 9.17) is 33.2 Å². The lowest BCUT2D eigenvalue weighted by atomic mass is 9.77. The third-order valence-corrected chi connectivity index (χ3v) is 13.8. The number of aromatic nitrogens is 1. The Morgan fingerprint density at radius 3 is 2.31 bits per heavy atom. The molecule has 0 saturated carbocycles. The van der Waals surface area contributed by atoms with Crippen molar-refractivity contribution in [3.8, 4) is 5.75 Å². The van der Waals surface area contributed by atoms with Crippen LogP contribution >= 0.6 is 0 Å². The Balaban J connectivity index is 1.61. The minimum Gasteiger partial charge on any atom is -0.482 e. The number of aliphatic hydroxyl groups is 4. The fourth-order valence-electron chi connectivity index (χ4n) is 9.93. The molecule has 1 aromatic heterocycles. The molecule has 0 amide bonds. The van der Waals surface area contributed by atoms with Crippen LogP contribution in [-0.2, 0) is 33.2 Å². The summed E-state index contributed by atoms with van der Waals surface area (Å²) in [5.74, 6) is -2.09. The quantitative estimate of drug-likeness (QED) is 0.226. The molecule has 1 aromatic carbocycles. The third kappa shape index (κ3) is 11.1. The average molecular weight is 862 g/mol. The first-order valence-electron chi connectivity index (χ1n) is 22.1. The number of hydrogen-bond acceptors (Lipinski definition) is 15. The van der Waals surface area contributed by atoms with Gasteiger partial charge in [0.2, 0.25) is 0 Å². The summed E-state index contributed by atoms with van der Waals surface area (Å²) in [6.45, 7) is 18.3. The Bertz CT molecular complexity index is 1730. The SMILES string of the molecule is CCC1OC(=O)C(C)C(O[C@H]2C[C@@](C)(OC)[C@@H](O)[C@H](C)O2)C(C)C(O[C@@H]2O[C@H](C)C[C@H](NC)[C@H]2Oc2cnc3ccccc3c2)C(C)(O)CC(C)CN(C)C(C)C(O)C1(C)O. The number of hydrogen-bond donors (Lipinski definition) is 5. The molecule has 0 bridgehead atoms. The molecule has 3 aliphatic heterocycles. The van der Waals surface area contributed by atoms with Gasteiger partial charge in [-0.2, -0.15) is 0 Å². The molecule has 3 saturated heterocycles. The highest BCUT2D eigenvalue weighted by Crippen LogP contribution is 2.40. The fourth-order valence-corrected chi connectivity index (χ4v) is 9.93. The summed E-state index contributed by atoms with van der Waals surface area (Å²) >= 11 is 0. The lowest BCUT2D eigenvalue weighted by Gasteiger charge is -2.48. The lowest BCUT2D eigenvalue weighted by Crippen LogP contribution is -2.61. The van der Waals surface area contributed by atoms with Crippen molar-refractivity contribution in [2.24, 2.45) is 17.8 Å². The molecule has 10 unspecified atom stereocenters. The predicted molar refractivity (Wildman–Crippen MR) is 230 cm³/mol. The van der Waals surface area contributed by atoms with Crippen LogP contribution in [0.5, 0.6) is 5.75 Å². The van der Waals surface area contributed by atoms with Crippen molar-refractivity contribution in [1.82, 2.24) is 15.2 Å². The van der Waals surface area contributed by atoms with Gasteiger partial charge in [0.05, 0.1) is 59.3 Å². The zero-order valence-electron chi connectivity index (χ0n) is 38.6. The monoisotopic (exact) mass is 862 g/mol. The number of nitrogens with one attached hydrogen (secondary N) is 1. The zero-order chi connectivity index (χ0) is 45.2. The highest BCUT2D eigenvalue weighted by molar-refractivity contribution is 5.79. The maximum atomic E-state index is 14.5. The number of aliphatic hydroxyl groups excluding tert-OH is 2. The fraction of sp³-hybridized carbons (Fsp3) is 0.783. The van der Waals surface area contributed by atoms with E-state index >= 15 is 0 Å². The first kappa shape index (κ1) is 49.5. The number of benzene rings is 1. The molecule has 0 spiro atoms. The summed E-state index contributed by atoms with van der Waals surface area (Å²) in [5.41, 5.74) is -3.59. The Morgan fingerprint density at radius 2 is 1.66 bits per heavy atom. The number of rotatable bonds is 9. The molecule has 4 heterocycles. The number of methoxy groups -OCH3 is 1. The normalized spacial score (nSPS) is 43.9. The molecule has 5 N–H and O–H groups in total. The molecule has 2 aromatic rings. The Morgan fingerprint density at radius 1 is 0.967 bits per heavy atom. The van der Waals surface area contributed by atoms with Gasteiger partial charge in [-0.1, -0.05) is 39.0 Å². The Labute approximate surface area is 362 Å². The van der Waals surface area contributed by atoms with E-state index in [1.54, 1.807) is 40.8 Å². The summed E-state index contributed by atoms with van der Waals surface area (Å²) in [6.07, 6.45) is -6.11. The van der Waals surface area contributed by atoms with Crippen LogP contribution in [0.4, 0.5) is 0 Å². The highest BCUT2D eigenvalue weighted by atomic mass is 16.7. The van der Waals surface area contributed by atoms with E-state index in [2.05, 4.69) is 10.3 Å². The van der Waals surface area contributed by atoms with Crippen molar-refractivity contribution in [2.45, 2.75) is 185 Å². The van der Waals surface area contributed by atoms with Gasteiger partial charge in [0.25, 0.3) is 0 Å². The van der Waals surface area contributed by atoms with Gasteiger partial charge in [0, 0.05) is 37.4 Å². The van der Waals surface area contributed by atoms with Gasteiger partial charge in [0.1, 0.15) is 29.7 Å². The first-order chi connectivity index (χ1) is 28.6. The smallest absolute Gasteiger partial charge is 0.311 e. The van der Waals surface area contributed by atoms with Crippen LogP contribution in [-0.4, -0.2) is 154 Å². The van der Waals surface area contributed by atoms with Gasteiger partial charge >= 0.3 is 5.97 Å². The summed E-state index contributed by atoms with van der Waals surface area (Å²) in [5, 5.41) is 51.7. The standard InChI is InChI=1S/C46H75N3O12/c1-14-35-46(10,54)39(50)29(6)49(12)24-25(2)21-44(8,53)41(27(4)37(28(5)42(52)59-35)60-36-22-45(9,55-13)40(51)30(7)57-36)61-43-38(34(47-11)19-26(3)56-43)58-32-20-31-17-15-16-18-33(31)48-23-32/h15-18,20,23,25-30,34-41,43,47,50-51,53-54H,14,19,21-22,24H2,1-13H3/t25?,26-,27?,28?,29?,30+,34+,35?,36+,37?,38-,39?,40+,41?,43+,44?,45-,46?/m1/s1. The van der Waals surface area contributed by atoms with Gasteiger partial charge in [0.15, 0.2) is 18.7 Å². The molecular formula is C46H75N3O12. The molecule has 3 aliphatic rings. The van der Waals surface area contributed by atoms with Crippen LogP contribution in [0.3, 0.4) is 0 Å². The number of esters is 1. The van der Waals surface area contributed by atoms with Gasteiger partial charge in [-0.25, -0.2) is 0 Å². The largest absolute Gasteiger partial charge is 0.482 e. The maximum absolute atomic E-state index is 14.5. The van der Waals surface area contributed by atoms with Crippen LogP contribution < -0.4 is 10.1 Å². The Hall–Kier alpha value is -2.54. The predicted octanol–water partition coefficient (Wildman–Crippen LogP) is 4.19. The van der Waals surface area contributed by atoms with E-state index in [1.165, 1.54) is 14.0 Å². The molecule has 61 heavy (non-hydrogen) atoms. The molecule has 0 radical (unpaired) electrons. The van der Waals surface area contributed by atoms with E-state index in [-0.39, 0.29) is 37.3 Å². The third-order valence-electron chi connectivity index (χ3n) is 13.8. The molecule has 15 nitrogen and oxygen atoms in total. The number of nitrogens with zero attached hydrogens (tertiary/aromatic N) is 2. The average Bonchev–Trinajstić information content (AvgIpc) is 3.21. The van der Waals surface area contributed by atoms with Gasteiger partial charge in [-0.05, 0) is 99.9 Å². The van der Waals surface area contributed by atoms with Crippen molar-refractivity contribution >= 4 is 16.9 Å². The van der Waals surface area contributed by atoms with Gasteiger partial charge < -0.3 is 63.8 Å².